The average Bonchev–Trinajstić information content (AvgIpc) is 3.01. The molecule has 3 nitrogen and oxygen atoms in total. The molecule has 1 N–H and O–H groups in total. The minimum atomic E-state index is -0.111. The average molecular weight is 312 g/mol. The molecule has 2 aromatic rings. The molecule has 1 unspecified atom stereocenters. The van der Waals surface area contributed by atoms with Crippen molar-refractivity contribution in [2.75, 3.05) is 0 Å². The predicted molar refractivity (Wildman–Crippen MR) is 94.5 cm³/mol. The van der Waals surface area contributed by atoms with Gasteiger partial charge in [-0.25, -0.2) is 4.98 Å². The first kappa shape index (κ1) is 16.3. The number of nitrogens with zero attached hydrogens (tertiary/aromatic N) is 2. The second-order valence-electron chi connectivity index (χ2n) is 6.90. The Balaban J connectivity index is 1.98. The summed E-state index contributed by atoms with van der Waals surface area (Å²) in [5.74, 6) is 0.504. The third-order valence-corrected chi connectivity index (χ3v) is 5.13. The van der Waals surface area contributed by atoms with Gasteiger partial charge < -0.3 is 9.67 Å². The zero-order chi connectivity index (χ0) is 16.2. The van der Waals surface area contributed by atoms with E-state index in [9.17, 15) is 5.11 Å². The lowest BCUT2D eigenvalue weighted by Crippen LogP contribution is -2.22. The van der Waals surface area contributed by atoms with E-state index < -0.39 is 0 Å². The summed E-state index contributed by atoms with van der Waals surface area (Å²) in [6, 6.07) is 11.0. The van der Waals surface area contributed by atoms with E-state index in [1.807, 2.05) is 6.33 Å². The predicted octanol–water partition coefficient (Wildman–Crippen LogP) is 4.93. The van der Waals surface area contributed by atoms with E-state index in [0.29, 0.717) is 12.0 Å². The Morgan fingerprint density at radius 3 is 2.52 bits per heavy atom. The van der Waals surface area contributed by atoms with Crippen molar-refractivity contribution in [2.24, 2.45) is 0 Å². The molecular weight excluding hydrogens is 284 g/mol. The minimum absolute atomic E-state index is 0.111. The van der Waals surface area contributed by atoms with Gasteiger partial charge in [-0.2, -0.15) is 0 Å². The van der Waals surface area contributed by atoms with Gasteiger partial charge in [-0.1, -0.05) is 50.6 Å². The summed E-state index contributed by atoms with van der Waals surface area (Å²) in [6.07, 6.45) is 8.21. The number of hydrogen-bond donors (Lipinski definition) is 1. The van der Waals surface area contributed by atoms with E-state index in [0.717, 1.165) is 31.4 Å². The lowest BCUT2D eigenvalue weighted by atomic mass is 9.91. The molecule has 3 heteroatoms. The molecule has 0 spiro atoms. The van der Waals surface area contributed by atoms with Crippen molar-refractivity contribution in [3.63, 3.8) is 0 Å². The summed E-state index contributed by atoms with van der Waals surface area (Å²) in [5.41, 5.74) is 3.72. The van der Waals surface area contributed by atoms with E-state index in [1.165, 1.54) is 24.1 Å². The zero-order valence-electron chi connectivity index (χ0n) is 14.3. The van der Waals surface area contributed by atoms with Crippen LogP contribution in [0.2, 0.25) is 0 Å². The fourth-order valence-electron chi connectivity index (χ4n) is 3.87. The highest BCUT2D eigenvalue weighted by Gasteiger charge is 2.26. The second-order valence-corrected chi connectivity index (χ2v) is 6.90. The smallest absolute Gasteiger partial charge is 0.0958 e. The normalized spacial score (nSPS) is 22.9. The maximum atomic E-state index is 9.79. The topological polar surface area (TPSA) is 38.0 Å². The monoisotopic (exact) mass is 312 g/mol. The number of aliphatic hydroxyl groups excluding tert-OH is 1. The first-order valence-electron chi connectivity index (χ1n) is 9.01. The fourth-order valence-corrected chi connectivity index (χ4v) is 3.87. The molecule has 1 saturated carbocycles. The van der Waals surface area contributed by atoms with E-state index >= 15 is 0 Å². The molecule has 23 heavy (non-hydrogen) atoms. The Bertz CT molecular complexity index is 612. The van der Waals surface area contributed by atoms with Gasteiger partial charge in [-0.15, -0.1) is 0 Å². The van der Waals surface area contributed by atoms with Crippen LogP contribution in [0, 0.1) is 0 Å². The molecule has 1 heterocycles. The minimum Gasteiger partial charge on any atom is -0.393 e. The molecule has 1 fully saturated rings. The van der Waals surface area contributed by atoms with Crippen LogP contribution in [0.15, 0.2) is 36.7 Å². The van der Waals surface area contributed by atoms with Crippen molar-refractivity contribution in [1.29, 1.82) is 0 Å². The number of imidazole rings is 1. The van der Waals surface area contributed by atoms with Crippen LogP contribution in [0.4, 0.5) is 0 Å². The largest absolute Gasteiger partial charge is 0.393 e. The first-order valence-corrected chi connectivity index (χ1v) is 9.01. The summed E-state index contributed by atoms with van der Waals surface area (Å²) in [7, 11) is 0. The van der Waals surface area contributed by atoms with Gasteiger partial charge in [0.15, 0.2) is 0 Å². The molecule has 1 atom stereocenters. The maximum Gasteiger partial charge on any atom is 0.0958 e. The summed E-state index contributed by atoms with van der Waals surface area (Å²) >= 11 is 0. The lowest BCUT2D eigenvalue weighted by Gasteiger charge is -2.29. The van der Waals surface area contributed by atoms with E-state index in [1.54, 1.807) is 0 Å². The van der Waals surface area contributed by atoms with Crippen LogP contribution >= 0.6 is 0 Å². The van der Waals surface area contributed by atoms with Crippen LogP contribution in [0.3, 0.4) is 0 Å². The Labute approximate surface area is 139 Å². The van der Waals surface area contributed by atoms with Crippen molar-refractivity contribution in [3.8, 4) is 11.3 Å². The highest BCUT2D eigenvalue weighted by Crippen LogP contribution is 2.37. The number of hydrogen-bond acceptors (Lipinski definition) is 2. The Kier molecular flexibility index (Phi) is 5.16. The maximum absolute atomic E-state index is 9.79. The van der Waals surface area contributed by atoms with Crippen molar-refractivity contribution in [2.45, 2.75) is 70.4 Å². The van der Waals surface area contributed by atoms with Crippen LogP contribution in [-0.2, 0) is 0 Å². The van der Waals surface area contributed by atoms with Crippen molar-refractivity contribution in [1.82, 2.24) is 9.55 Å². The van der Waals surface area contributed by atoms with Crippen LogP contribution in [0.5, 0.6) is 0 Å². The van der Waals surface area contributed by atoms with E-state index in [4.69, 9.17) is 4.98 Å². The highest BCUT2D eigenvalue weighted by atomic mass is 16.3. The van der Waals surface area contributed by atoms with Gasteiger partial charge in [0.2, 0.25) is 0 Å². The first-order chi connectivity index (χ1) is 11.2. The molecule has 1 aliphatic rings. The van der Waals surface area contributed by atoms with Gasteiger partial charge in [-0.05, 0) is 38.0 Å². The summed E-state index contributed by atoms with van der Waals surface area (Å²) < 4.78 is 2.41. The summed E-state index contributed by atoms with van der Waals surface area (Å²) in [6.45, 7) is 4.57. The highest BCUT2D eigenvalue weighted by molar-refractivity contribution is 5.62. The van der Waals surface area contributed by atoms with Crippen molar-refractivity contribution < 1.29 is 5.11 Å². The summed E-state index contributed by atoms with van der Waals surface area (Å²) in [4.78, 5) is 4.78. The molecule has 1 aromatic carbocycles. The van der Waals surface area contributed by atoms with Gasteiger partial charge >= 0.3 is 0 Å². The summed E-state index contributed by atoms with van der Waals surface area (Å²) in [5, 5.41) is 9.79. The molecule has 0 aliphatic heterocycles. The molecular formula is C20H28N2O. The lowest BCUT2D eigenvalue weighted by molar-refractivity contribution is 0.110. The standard InChI is InChI=1S/C20H28N2O/c1-3-7-15(2)20-19(16-8-5-4-6-9-16)21-14-22(20)17-10-12-18(23)13-11-17/h4-6,8-9,14-15,17-18,23H,3,7,10-13H2,1-2H3. The number of rotatable bonds is 5. The van der Waals surface area contributed by atoms with Gasteiger partial charge in [0.25, 0.3) is 0 Å². The Hall–Kier alpha value is -1.61. The molecule has 124 valence electrons. The number of benzene rings is 1. The number of aromatic nitrogens is 2. The molecule has 0 saturated heterocycles. The van der Waals surface area contributed by atoms with E-state index in [2.05, 4.69) is 48.7 Å². The molecule has 3 rings (SSSR count). The van der Waals surface area contributed by atoms with Crippen LogP contribution in [0.1, 0.15) is 70.0 Å². The quantitative estimate of drug-likeness (QED) is 0.850. The van der Waals surface area contributed by atoms with Crippen molar-refractivity contribution in [3.05, 3.63) is 42.4 Å². The molecule has 0 bridgehead atoms. The van der Waals surface area contributed by atoms with E-state index in [-0.39, 0.29) is 6.10 Å². The van der Waals surface area contributed by atoms with Crippen LogP contribution in [0.25, 0.3) is 11.3 Å². The second kappa shape index (κ2) is 7.31. The Morgan fingerprint density at radius 2 is 1.87 bits per heavy atom. The Morgan fingerprint density at radius 1 is 1.17 bits per heavy atom. The fraction of sp³-hybridized carbons (Fsp3) is 0.550. The van der Waals surface area contributed by atoms with Crippen LogP contribution in [-0.4, -0.2) is 20.8 Å². The van der Waals surface area contributed by atoms with Crippen molar-refractivity contribution >= 4 is 0 Å². The third kappa shape index (κ3) is 3.50. The van der Waals surface area contributed by atoms with Gasteiger partial charge in [0.05, 0.1) is 18.1 Å². The molecule has 1 aliphatic carbocycles. The zero-order valence-corrected chi connectivity index (χ0v) is 14.3. The van der Waals surface area contributed by atoms with Gasteiger partial charge in [0, 0.05) is 17.3 Å². The molecule has 0 radical (unpaired) electrons. The number of aliphatic hydroxyl groups is 1. The van der Waals surface area contributed by atoms with Gasteiger partial charge in [-0.3, -0.25) is 0 Å². The SMILES string of the molecule is CCCC(C)c1c(-c2ccccc2)ncn1C1CCC(O)CC1. The molecule has 0 amide bonds. The van der Waals surface area contributed by atoms with Crippen LogP contribution < -0.4 is 0 Å². The molecule has 1 aromatic heterocycles. The van der Waals surface area contributed by atoms with Gasteiger partial charge in [0.1, 0.15) is 0 Å². The third-order valence-electron chi connectivity index (χ3n) is 5.13.